The predicted octanol–water partition coefficient (Wildman–Crippen LogP) is 1.92. The van der Waals surface area contributed by atoms with E-state index < -0.39 is 8.25 Å². The van der Waals surface area contributed by atoms with Crippen LogP contribution in [-0.2, 0) is 13.9 Å². The quantitative estimate of drug-likeness (QED) is 0.489. The molecule has 0 saturated heterocycles. The van der Waals surface area contributed by atoms with Crippen molar-refractivity contribution < 1.29 is 18.8 Å². The molecule has 1 N–H and O–H groups in total. The van der Waals surface area contributed by atoms with Gasteiger partial charge in [0.2, 0.25) is 0 Å². The van der Waals surface area contributed by atoms with Crippen molar-refractivity contribution in [3.8, 4) is 0 Å². The number of Topliss-reactive ketones (excluding diaryl/α,β-unsaturated/α-hetero) is 1. The van der Waals surface area contributed by atoms with Gasteiger partial charge >= 0.3 is 8.25 Å². The Labute approximate surface area is 79.2 Å². The van der Waals surface area contributed by atoms with Gasteiger partial charge < -0.3 is 9.42 Å². The van der Waals surface area contributed by atoms with E-state index in [9.17, 15) is 9.36 Å². The fourth-order valence-electron chi connectivity index (χ4n) is 0.963. The molecule has 0 amide bonds. The summed E-state index contributed by atoms with van der Waals surface area (Å²) in [6.07, 6.45) is 4.61. The molecular weight excluding hydrogens is 191 g/mol. The number of hydrogen-bond donors (Lipinski definition) is 1. The summed E-state index contributed by atoms with van der Waals surface area (Å²) in [5.74, 6) is -0.0940. The second kappa shape index (κ2) is 8.42. The van der Waals surface area contributed by atoms with E-state index in [4.69, 9.17) is 4.89 Å². The van der Waals surface area contributed by atoms with E-state index in [2.05, 4.69) is 11.4 Å². The first-order valence-corrected chi connectivity index (χ1v) is 5.80. The molecule has 0 aliphatic rings. The fraction of sp³-hybridized carbons (Fsp3) is 0.875. The van der Waals surface area contributed by atoms with Gasteiger partial charge in [0.25, 0.3) is 0 Å². The first-order valence-electron chi connectivity index (χ1n) is 4.54. The van der Waals surface area contributed by atoms with E-state index in [1.807, 2.05) is 0 Å². The molecule has 4 nitrogen and oxygen atoms in total. The van der Waals surface area contributed by atoms with Crippen molar-refractivity contribution in [3.63, 3.8) is 0 Å². The Morgan fingerprint density at radius 3 is 2.62 bits per heavy atom. The molecule has 0 fully saturated rings. The highest BCUT2D eigenvalue weighted by molar-refractivity contribution is 7.32. The van der Waals surface area contributed by atoms with Crippen molar-refractivity contribution in [1.82, 2.24) is 0 Å². The molecule has 0 heterocycles. The lowest BCUT2D eigenvalue weighted by molar-refractivity contribution is -0.121. The molecule has 0 aliphatic carbocycles. The molecule has 0 rings (SSSR count). The largest absolute Gasteiger partial charge is 0.326 e. The van der Waals surface area contributed by atoms with Crippen LogP contribution in [0.2, 0.25) is 0 Å². The summed E-state index contributed by atoms with van der Waals surface area (Å²) in [4.78, 5) is 19.2. The molecule has 0 aromatic heterocycles. The molecule has 0 aromatic rings. The third-order valence-corrected chi connectivity index (χ3v) is 2.06. The second-order valence-electron chi connectivity index (χ2n) is 2.90. The summed E-state index contributed by atoms with van der Waals surface area (Å²) in [6.45, 7) is 1.88. The van der Waals surface area contributed by atoms with Gasteiger partial charge in [-0.15, -0.1) is 0 Å². The Morgan fingerprint density at radius 1 is 1.38 bits per heavy atom. The maximum absolute atomic E-state index is 11.0. The zero-order valence-electron chi connectivity index (χ0n) is 7.91. The van der Waals surface area contributed by atoms with Gasteiger partial charge in [0.05, 0.1) is 0 Å². The van der Waals surface area contributed by atoms with Gasteiger partial charge in [0.1, 0.15) is 6.61 Å². The molecule has 0 bridgehead atoms. The third-order valence-electron chi connectivity index (χ3n) is 1.67. The number of ketones is 1. The second-order valence-corrected chi connectivity index (χ2v) is 3.72. The Balaban J connectivity index is 3.25. The first kappa shape index (κ1) is 12.8. The molecule has 0 aliphatic heterocycles. The summed E-state index contributed by atoms with van der Waals surface area (Å²) < 4.78 is 14.4. The highest BCUT2D eigenvalue weighted by atomic mass is 31.1. The number of carbonyl (C=O) groups excluding carboxylic acids is 1. The fourth-order valence-corrected chi connectivity index (χ4v) is 1.25. The molecule has 1 unspecified atom stereocenters. The zero-order valence-corrected chi connectivity index (χ0v) is 8.91. The smallest absolute Gasteiger partial charge is 0.317 e. The van der Waals surface area contributed by atoms with E-state index in [1.165, 1.54) is 0 Å². The van der Waals surface area contributed by atoms with Crippen LogP contribution in [0.3, 0.4) is 0 Å². The van der Waals surface area contributed by atoms with Crippen molar-refractivity contribution in [1.29, 1.82) is 0 Å². The van der Waals surface area contributed by atoms with Crippen LogP contribution < -0.4 is 0 Å². The minimum absolute atomic E-state index is 0.0940. The van der Waals surface area contributed by atoms with E-state index >= 15 is 0 Å². The van der Waals surface area contributed by atoms with Crippen molar-refractivity contribution in [2.45, 2.75) is 39.0 Å². The topological polar surface area (TPSA) is 63.6 Å². The molecule has 0 aromatic carbocycles. The van der Waals surface area contributed by atoms with Gasteiger partial charge in [0, 0.05) is 6.42 Å². The third kappa shape index (κ3) is 9.74. The van der Waals surface area contributed by atoms with Gasteiger partial charge in [-0.1, -0.05) is 26.2 Å². The number of unbranched alkanes of at least 4 members (excludes halogenated alkanes) is 3. The zero-order chi connectivity index (χ0) is 10.1. The van der Waals surface area contributed by atoms with Crippen molar-refractivity contribution in [2.24, 2.45) is 0 Å². The van der Waals surface area contributed by atoms with Crippen LogP contribution in [0.1, 0.15) is 39.0 Å². The monoisotopic (exact) mass is 208 g/mol. The SMILES string of the molecule is CCCCCCC(=O)CO[PH](=O)O. The van der Waals surface area contributed by atoms with Crippen LogP contribution in [-0.4, -0.2) is 17.3 Å². The summed E-state index contributed by atoms with van der Waals surface area (Å²) in [7, 11) is -2.94. The lowest BCUT2D eigenvalue weighted by Gasteiger charge is -1.99. The van der Waals surface area contributed by atoms with Crippen LogP contribution in [0.4, 0.5) is 0 Å². The van der Waals surface area contributed by atoms with Crippen molar-refractivity contribution >= 4 is 14.0 Å². The van der Waals surface area contributed by atoms with Crippen molar-refractivity contribution in [2.75, 3.05) is 6.61 Å². The Kier molecular flexibility index (Phi) is 8.30. The van der Waals surface area contributed by atoms with Crippen LogP contribution >= 0.6 is 8.25 Å². The highest BCUT2D eigenvalue weighted by Crippen LogP contribution is 2.14. The summed E-state index contributed by atoms with van der Waals surface area (Å²) in [6, 6.07) is 0. The molecule has 0 radical (unpaired) electrons. The van der Waals surface area contributed by atoms with E-state index in [0.717, 1.165) is 25.7 Å². The van der Waals surface area contributed by atoms with Crippen LogP contribution in [0.25, 0.3) is 0 Å². The molecule has 13 heavy (non-hydrogen) atoms. The van der Waals surface area contributed by atoms with Crippen LogP contribution in [0.15, 0.2) is 0 Å². The Hall–Kier alpha value is -0.180. The van der Waals surface area contributed by atoms with Gasteiger partial charge in [-0.05, 0) is 6.42 Å². The average Bonchev–Trinajstić information content (AvgIpc) is 2.09. The summed E-state index contributed by atoms with van der Waals surface area (Å²) in [5.41, 5.74) is 0. The average molecular weight is 208 g/mol. The maximum Gasteiger partial charge on any atom is 0.317 e. The Bertz CT molecular complexity index is 170. The van der Waals surface area contributed by atoms with Crippen LogP contribution in [0.5, 0.6) is 0 Å². The van der Waals surface area contributed by atoms with Crippen LogP contribution in [0, 0.1) is 0 Å². The van der Waals surface area contributed by atoms with E-state index in [1.54, 1.807) is 0 Å². The minimum Gasteiger partial charge on any atom is -0.326 e. The van der Waals surface area contributed by atoms with Crippen molar-refractivity contribution in [3.05, 3.63) is 0 Å². The molecule has 1 atom stereocenters. The van der Waals surface area contributed by atoms with Gasteiger partial charge in [-0.25, -0.2) is 0 Å². The molecule has 0 spiro atoms. The van der Waals surface area contributed by atoms with Gasteiger partial charge in [0.15, 0.2) is 5.78 Å². The normalized spacial score (nSPS) is 12.8. The first-order chi connectivity index (χ1) is 6.16. The number of rotatable bonds is 8. The minimum atomic E-state index is -2.94. The molecule has 78 valence electrons. The lowest BCUT2D eigenvalue weighted by Crippen LogP contribution is -2.04. The molecule has 0 saturated carbocycles. The Morgan fingerprint density at radius 2 is 2.08 bits per heavy atom. The van der Waals surface area contributed by atoms with E-state index in [-0.39, 0.29) is 12.4 Å². The number of carbonyl (C=O) groups is 1. The van der Waals surface area contributed by atoms with E-state index in [0.29, 0.717) is 6.42 Å². The maximum atomic E-state index is 11.0. The van der Waals surface area contributed by atoms with Gasteiger partial charge in [-0.3, -0.25) is 9.36 Å². The lowest BCUT2D eigenvalue weighted by atomic mass is 10.1. The predicted molar refractivity (Wildman–Crippen MR) is 50.9 cm³/mol. The highest BCUT2D eigenvalue weighted by Gasteiger charge is 2.02. The summed E-state index contributed by atoms with van der Waals surface area (Å²) in [5, 5.41) is 0. The summed E-state index contributed by atoms with van der Waals surface area (Å²) >= 11 is 0. The number of hydrogen-bond acceptors (Lipinski definition) is 3. The molecule has 5 heteroatoms. The molecular formula is C8H17O4P. The van der Waals surface area contributed by atoms with Gasteiger partial charge in [-0.2, -0.15) is 0 Å². The standard InChI is InChI=1S/C8H17O4P/c1-2-3-4-5-6-8(9)7-12-13(10)11/h13H,2-7H2,1H3,(H,10,11).